The molecule has 6 amide bonds. The van der Waals surface area contributed by atoms with Crippen molar-refractivity contribution >= 4 is 80.5 Å². The Bertz CT molecular complexity index is 4200. The van der Waals surface area contributed by atoms with Gasteiger partial charge in [-0.05, 0) is 83.7 Å². The van der Waals surface area contributed by atoms with Crippen LogP contribution in [0.25, 0.3) is 21.8 Å². The van der Waals surface area contributed by atoms with Crippen molar-refractivity contribution in [2.24, 2.45) is 17.6 Å². The fraction of sp³-hybridized carbons (Fsp3) is 0.476. The van der Waals surface area contributed by atoms with Gasteiger partial charge in [0.15, 0.2) is 17.4 Å². The highest BCUT2D eigenvalue weighted by Gasteiger charge is 2.33. The third kappa shape index (κ3) is 29.6. The van der Waals surface area contributed by atoms with Crippen LogP contribution < -0.4 is 37.6 Å². The molecule has 0 saturated carbocycles. The lowest BCUT2D eigenvalue weighted by Gasteiger charge is -2.27. The number of carbonyl (C=O) groups is 8. The Labute approximate surface area is 649 Å². The van der Waals surface area contributed by atoms with Crippen LogP contribution in [0.5, 0.6) is 0 Å². The van der Waals surface area contributed by atoms with E-state index in [9.17, 15) is 38.4 Å². The number of nitrogen functional groups attached to an aromatic ring is 1. The Kier molecular flexibility index (Phi) is 37.4. The van der Waals surface area contributed by atoms with E-state index in [0.29, 0.717) is 126 Å². The molecule has 0 fully saturated rings. The lowest BCUT2D eigenvalue weighted by Crippen LogP contribution is -2.51. The zero-order valence-electron chi connectivity index (χ0n) is 64.4. The van der Waals surface area contributed by atoms with Gasteiger partial charge in [-0.2, -0.15) is 5.10 Å². The van der Waals surface area contributed by atoms with Gasteiger partial charge in [0.25, 0.3) is 0 Å². The Morgan fingerprint density at radius 2 is 1.17 bits per heavy atom. The second-order valence-electron chi connectivity index (χ2n) is 27.2. The molecule has 0 bridgehead atoms. The van der Waals surface area contributed by atoms with E-state index in [1.807, 2.05) is 66.7 Å². The van der Waals surface area contributed by atoms with Crippen LogP contribution in [0, 0.1) is 23.7 Å². The monoisotopic (exact) mass is 1530 g/mol. The Morgan fingerprint density at radius 1 is 0.586 bits per heavy atom. The summed E-state index contributed by atoms with van der Waals surface area (Å²) >= 11 is 0. The molecule has 0 aliphatic carbocycles. The summed E-state index contributed by atoms with van der Waals surface area (Å²) in [6.07, 6.45) is 2.45. The summed E-state index contributed by atoms with van der Waals surface area (Å²) in [6, 6.07) is 34.8. The molecule has 3 heterocycles. The number of urea groups is 1. The first kappa shape index (κ1) is 86.6. The predicted molar refractivity (Wildman–Crippen MR) is 420 cm³/mol. The van der Waals surface area contributed by atoms with Gasteiger partial charge < -0.3 is 80.3 Å². The number of primary amides is 1. The minimum atomic E-state index is -1.34. The molecule has 8 rings (SSSR count). The van der Waals surface area contributed by atoms with Gasteiger partial charge in [-0.1, -0.05) is 136 Å². The molecule has 27 heteroatoms. The number of ether oxygens (including phenoxy) is 9. The molecule has 0 unspecified atom stereocenters. The number of nitrogens with zero attached hydrogens (tertiary/aromatic N) is 4. The lowest BCUT2D eigenvalue weighted by atomic mass is 9.87. The highest BCUT2D eigenvalue weighted by Crippen LogP contribution is 2.33. The van der Waals surface area contributed by atoms with Crippen LogP contribution in [-0.2, 0) is 115 Å². The lowest BCUT2D eigenvalue weighted by molar-refractivity contribution is -0.145. The van der Waals surface area contributed by atoms with Gasteiger partial charge in [0, 0.05) is 99.5 Å². The second kappa shape index (κ2) is 47.9. The number of aryl methyl sites for hydroxylation is 2. The summed E-state index contributed by atoms with van der Waals surface area (Å²) in [5.74, 6) is 1.89. The van der Waals surface area contributed by atoms with Crippen LogP contribution in [0.15, 0.2) is 121 Å². The van der Waals surface area contributed by atoms with Gasteiger partial charge >= 0.3 is 12.0 Å². The Hall–Kier alpha value is -10.0. The molecule has 7 aromatic rings. The van der Waals surface area contributed by atoms with Crippen molar-refractivity contribution in [3.63, 3.8) is 0 Å². The number of unbranched alkanes of at least 4 members (excludes halogenated alkanes) is 1. The summed E-state index contributed by atoms with van der Waals surface area (Å²) in [5.41, 5.74) is 20.6. The Balaban J connectivity index is 0.809. The number of methoxy groups -OCH3 is 1. The molecule has 3 atom stereocenters. The smallest absolute Gasteiger partial charge is 0.312 e. The number of rotatable bonds is 53. The quantitative estimate of drug-likeness (QED) is 0.0119. The molecule has 596 valence electrons. The summed E-state index contributed by atoms with van der Waals surface area (Å²) in [7, 11) is 1.62. The number of amides is 6. The van der Waals surface area contributed by atoms with Crippen molar-refractivity contribution in [2.45, 2.75) is 130 Å². The zero-order valence-corrected chi connectivity index (χ0v) is 64.4. The first-order valence-electron chi connectivity index (χ1n) is 38.3. The highest BCUT2D eigenvalue weighted by molar-refractivity contribution is 6.09. The van der Waals surface area contributed by atoms with Gasteiger partial charge in [-0.15, -0.1) is 0 Å². The number of anilines is 2. The molecule has 1 aliphatic rings. The van der Waals surface area contributed by atoms with Crippen molar-refractivity contribution in [3.05, 3.63) is 166 Å². The molecular formula is C84H108N10O17. The number of fused-ring (bicyclic) bond motifs is 5. The largest absolute Gasteiger partial charge is 0.461 e. The van der Waals surface area contributed by atoms with Crippen molar-refractivity contribution in [1.82, 2.24) is 36.0 Å². The number of Topliss-reactive ketones (excluding diaryl/α,β-unsaturated/α-hetero) is 2. The number of nitrogens with one attached hydrogen (secondary N) is 4. The van der Waals surface area contributed by atoms with Gasteiger partial charge in [-0.25, -0.2) is 9.78 Å². The van der Waals surface area contributed by atoms with Crippen LogP contribution >= 0.6 is 0 Å². The molecule has 111 heavy (non-hydrogen) atoms. The number of hydrogen-bond donors (Lipinski definition) is 6. The number of carbonyl (C=O) groups excluding carboxylic acids is 8. The van der Waals surface area contributed by atoms with E-state index in [1.54, 1.807) is 62.3 Å². The predicted octanol–water partition coefficient (Wildman–Crippen LogP) is 7.99. The molecule has 5 aromatic carbocycles. The number of benzene rings is 5. The maximum atomic E-state index is 14.6. The molecule has 8 N–H and O–H groups in total. The fourth-order valence-electron chi connectivity index (χ4n) is 12.4. The van der Waals surface area contributed by atoms with Gasteiger partial charge in [0.2, 0.25) is 23.6 Å². The van der Waals surface area contributed by atoms with E-state index in [-0.39, 0.29) is 109 Å². The second-order valence-corrected chi connectivity index (χ2v) is 27.2. The first-order valence-corrected chi connectivity index (χ1v) is 38.3. The molecule has 0 spiro atoms. The van der Waals surface area contributed by atoms with Crippen molar-refractivity contribution in [2.75, 3.05) is 130 Å². The van der Waals surface area contributed by atoms with Crippen molar-refractivity contribution in [3.8, 4) is 11.8 Å². The van der Waals surface area contributed by atoms with Gasteiger partial charge in [0.05, 0.1) is 129 Å². The molecule has 0 saturated heterocycles. The van der Waals surface area contributed by atoms with Crippen LogP contribution in [0.4, 0.5) is 16.3 Å². The highest BCUT2D eigenvalue weighted by atomic mass is 16.6. The van der Waals surface area contributed by atoms with E-state index in [1.165, 1.54) is 0 Å². The van der Waals surface area contributed by atoms with E-state index < -0.39 is 59.9 Å². The SMILES string of the molecule is CCCCn1nc2c(N)nc3ccccc3c2c1Cc1ccc(CCC(=O)OCc2ccc(CC(=O)[C@H](CCCNC(N)=O)NC(=O)[C@@H](CC(=O)[C@H](CNC(=O)CCOCCOCCOCCOCCOCCOCCOCCOC)NC(=O)CCC(=O)N3Cc4ccccc4C#Cc4ccccc43)C(C)C)cc2)cc1. The maximum absolute atomic E-state index is 14.6. The zero-order chi connectivity index (χ0) is 79.0. The van der Waals surface area contributed by atoms with Crippen LogP contribution in [0.3, 0.4) is 0 Å². The topological polar surface area (TPSA) is 354 Å². The first-order chi connectivity index (χ1) is 54.0. The minimum Gasteiger partial charge on any atom is -0.461 e. The minimum absolute atomic E-state index is 0.00541. The average molecular weight is 1530 g/mol. The normalized spacial score (nSPS) is 12.6. The number of nitrogens with two attached hydrogens (primary N) is 2. The molecule has 0 radical (unpaired) electrons. The van der Waals surface area contributed by atoms with Crippen LogP contribution in [0.2, 0.25) is 0 Å². The Morgan fingerprint density at radius 3 is 1.82 bits per heavy atom. The van der Waals surface area contributed by atoms with E-state index >= 15 is 0 Å². The number of pyridine rings is 1. The number of ketones is 2. The third-order valence-corrected chi connectivity index (χ3v) is 18.6. The molecule has 27 nitrogen and oxygen atoms in total. The van der Waals surface area contributed by atoms with Crippen LogP contribution in [0.1, 0.15) is 123 Å². The number of aromatic nitrogens is 3. The number of hydrogen-bond acceptors (Lipinski definition) is 20. The standard InChI is InChI=1S/C84H108N10O17/c1-5-6-37-94-73(80-67-17-10-11-18-69(67)90-82(85)81(80)92-94)53-61-23-21-60(22-24-61)29-34-79(100)111-58-63-27-25-62(26-28-63)54-74(95)70(19-13-36-87-84(86)102)91-83(101)68(59(2)3)55-75(96)71(89-77(98)32-33-78(99)93-57-66-16-8-7-14-64(66)30-31-65-15-9-12-20-72(65)93)56-88-76(97)35-38-104-41-42-106-45-46-108-49-50-110-52-51-109-48-47-107-44-43-105-40-39-103-4/h7-12,14-18,20-28,59,68,70-71H,5-6,13,19,29,32-58H2,1-4H3,(H2,85,90)(H,88,97)(H,89,98)(H,91,101)(H3,86,87,102)/t68-,70-,71-/m0/s1. The van der Waals surface area contributed by atoms with E-state index in [0.717, 1.165) is 63.6 Å². The summed E-state index contributed by atoms with van der Waals surface area (Å²) in [4.78, 5) is 116. The fourth-order valence-corrected chi connectivity index (χ4v) is 12.4. The molecule has 2 aromatic heterocycles. The summed E-state index contributed by atoms with van der Waals surface area (Å²) in [6.45, 7) is 12.1. The molecular weight excluding hydrogens is 1420 g/mol. The van der Waals surface area contributed by atoms with Gasteiger partial charge in [0.1, 0.15) is 18.2 Å². The van der Waals surface area contributed by atoms with E-state index in [2.05, 4.69) is 67.9 Å². The average Bonchev–Trinajstić information content (AvgIpc) is 1.62. The third-order valence-electron chi connectivity index (χ3n) is 18.6. The maximum Gasteiger partial charge on any atom is 0.312 e. The van der Waals surface area contributed by atoms with Gasteiger partial charge in [-0.3, -0.25) is 38.2 Å². The molecule has 1 aliphatic heterocycles. The van der Waals surface area contributed by atoms with Crippen molar-refractivity contribution in [1.29, 1.82) is 0 Å². The summed E-state index contributed by atoms with van der Waals surface area (Å²) < 4.78 is 51.3. The van der Waals surface area contributed by atoms with Crippen molar-refractivity contribution < 1.29 is 81.0 Å². The number of esters is 1. The summed E-state index contributed by atoms with van der Waals surface area (Å²) in [5, 5.41) is 17.8. The van der Waals surface area contributed by atoms with Crippen LogP contribution in [-0.4, -0.2) is 193 Å². The number of para-hydroxylation sites is 2. The van der Waals surface area contributed by atoms with E-state index in [4.69, 9.17) is 59.2 Å².